The van der Waals surface area contributed by atoms with Crippen molar-refractivity contribution in [1.29, 1.82) is 0 Å². The molecule has 0 spiro atoms. The van der Waals surface area contributed by atoms with E-state index in [1.54, 1.807) is 12.1 Å². The van der Waals surface area contributed by atoms with Gasteiger partial charge in [-0.3, -0.25) is 4.79 Å². The van der Waals surface area contributed by atoms with E-state index in [4.69, 9.17) is 5.73 Å². The average molecular weight is 256 g/mol. The first-order valence-electron chi connectivity index (χ1n) is 6.00. The Morgan fingerprint density at radius 1 is 1.26 bits per heavy atom. The maximum Gasteiger partial charge on any atom is 0.255 e. The second kappa shape index (κ2) is 5.54. The number of nitrogens with one attached hydrogen (secondary N) is 1. The molecule has 2 aromatic carbocycles. The summed E-state index contributed by atoms with van der Waals surface area (Å²) in [5.74, 6) is -0.187. The van der Waals surface area contributed by atoms with Crippen molar-refractivity contribution < 1.29 is 9.90 Å². The third kappa shape index (κ3) is 3.11. The van der Waals surface area contributed by atoms with Crippen LogP contribution in [0.5, 0.6) is 5.75 Å². The highest BCUT2D eigenvalue weighted by molar-refractivity contribution is 6.04. The zero-order chi connectivity index (χ0) is 13.8. The highest BCUT2D eigenvalue weighted by Gasteiger charge is 2.08. The molecule has 0 atom stereocenters. The Morgan fingerprint density at radius 3 is 2.74 bits per heavy atom. The number of hydrogen-bond acceptors (Lipinski definition) is 3. The summed E-state index contributed by atoms with van der Waals surface area (Å²) in [6, 6.07) is 11.9. The Bertz CT molecular complexity index is 609. The van der Waals surface area contributed by atoms with Gasteiger partial charge in [0.25, 0.3) is 5.91 Å². The van der Waals surface area contributed by atoms with Crippen molar-refractivity contribution in [2.45, 2.75) is 13.5 Å². The molecule has 0 radical (unpaired) electrons. The molecule has 0 fully saturated rings. The number of benzene rings is 2. The van der Waals surface area contributed by atoms with Crippen LogP contribution in [0.1, 0.15) is 21.5 Å². The van der Waals surface area contributed by atoms with Crippen molar-refractivity contribution in [2.75, 3.05) is 5.32 Å². The van der Waals surface area contributed by atoms with Gasteiger partial charge in [-0.05, 0) is 42.3 Å². The fourth-order valence-electron chi connectivity index (χ4n) is 1.77. The molecule has 0 saturated carbocycles. The van der Waals surface area contributed by atoms with Crippen molar-refractivity contribution in [2.24, 2.45) is 5.73 Å². The Balaban J connectivity index is 2.23. The van der Waals surface area contributed by atoms with E-state index in [0.717, 1.165) is 16.8 Å². The molecule has 19 heavy (non-hydrogen) atoms. The topological polar surface area (TPSA) is 75.3 Å². The number of amides is 1. The third-order valence-corrected chi connectivity index (χ3v) is 2.89. The van der Waals surface area contributed by atoms with Crippen LogP contribution < -0.4 is 11.1 Å². The van der Waals surface area contributed by atoms with Gasteiger partial charge in [0.15, 0.2) is 0 Å². The van der Waals surface area contributed by atoms with E-state index < -0.39 is 0 Å². The lowest BCUT2D eigenvalue weighted by molar-refractivity contribution is 0.102. The van der Waals surface area contributed by atoms with Crippen LogP contribution in [0.2, 0.25) is 0 Å². The molecule has 4 heteroatoms. The summed E-state index contributed by atoms with van der Waals surface area (Å²) in [4.78, 5) is 12.1. The second-order valence-electron chi connectivity index (χ2n) is 4.36. The van der Waals surface area contributed by atoms with Crippen LogP contribution in [0.4, 0.5) is 5.69 Å². The minimum Gasteiger partial charge on any atom is -0.508 e. The normalized spacial score (nSPS) is 10.2. The summed E-state index contributed by atoms with van der Waals surface area (Å²) >= 11 is 0. The number of aryl methyl sites for hydroxylation is 1. The molecule has 4 nitrogen and oxygen atoms in total. The SMILES string of the molecule is Cc1ccc(CN)cc1NC(=O)c1cccc(O)c1. The number of nitrogens with two attached hydrogens (primary N) is 1. The first-order chi connectivity index (χ1) is 9.10. The highest BCUT2D eigenvalue weighted by Crippen LogP contribution is 2.19. The molecule has 0 heterocycles. The molecule has 0 aromatic heterocycles. The zero-order valence-corrected chi connectivity index (χ0v) is 10.7. The highest BCUT2D eigenvalue weighted by atomic mass is 16.3. The predicted molar refractivity (Wildman–Crippen MR) is 75.1 cm³/mol. The van der Waals surface area contributed by atoms with E-state index in [1.807, 2.05) is 25.1 Å². The van der Waals surface area contributed by atoms with Gasteiger partial charge in [0, 0.05) is 17.8 Å². The number of phenols is 1. The summed E-state index contributed by atoms with van der Waals surface area (Å²) in [7, 11) is 0. The van der Waals surface area contributed by atoms with Crippen molar-refractivity contribution in [3.63, 3.8) is 0 Å². The molecule has 0 saturated heterocycles. The van der Waals surface area contributed by atoms with E-state index in [-0.39, 0.29) is 11.7 Å². The Kier molecular flexibility index (Phi) is 3.82. The number of carbonyl (C=O) groups excluding carboxylic acids is 1. The summed E-state index contributed by atoms with van der Waals surface area (Å²) < 4.78 is 0. The number of anilines is 1. The van der Waals surface area contributed by atoms with Gasteiger partial charge in [-0.1, -0.05) is 18.2 Å². The monoisotopic (exact) mass is 256 g/mol. The van der Waals surface area contributed by atoms with Crippen LogP contribution in [-0.4, -0.2) is 11.0 Å². The van der Waals surface area contributed by atoms with E-state index in [1.165, 1.54) is 12.1 Å². The lowest BCUT2D eigenvalue weighted by Gasteiger charge is -2.10. The van der Waals surface area contributed by atoms with Gasteiger partial charge in [0.1, 0.15) is 5.75 Å². The molecule has 2 rings (SSSR count). The number of rotatable bonds is 3. The molecule has 4 N–H and O–H groups in total. The Labute approximate surface area is 111 Å². The smallest absolute Gasteiger partial charge is 0.255 e. The second-order valence-corrected chi connectivity index (χ2v) is 4.36. The van der Waals surface area contributed by atoms with Crippen molar-refractivity contribution in [3.05, 3.63) is 59.2 Å². The molecule has 98 valence electrons. The van der Waals surface area contributed by atoms with Crippen LogP contribution in [0, 0.1) is 6.92 Å². The number of phenolic OH excluding ortho intramolecular Hbond substituents is 1. The van der Waals surface area contributed by atoms with Gasteiger partial charge in [-0.15, -0.1) is 0 Å². The minimum absolute atomic E-state index is 0.0695. The van der Waals surface area contributed by atoms with Crippen molar-refractivity contribution in [3.8, 4) is 5.75 Å². The van der Waals surface area contributed by atoms with Gasteiger partial charge in [0.05, 0.1) is 0 Å². The quantitative estimate of drug-likeness (QED) is 0.789. The lowest BCUT2D eigenvalue weighted by atomic mass is 10.1. The Morgan fingerprint density at radius 2 is 2.05 bits per heavy atom. The fourth-order valence-corrected chi connectivity index (χ4v) is 1.77. The number of aromatic hydroxyl groups is 1. The molecule has 0 unspecified atom stereocenters. The largest absolute Gasteiger partial charge is 0.508 e. The Hall–Kier alpha value is -2.33. The maximum atomic E-state index is 12.1. The van der Waals surface area contributed by atoms with Crippen LogP contribution in [-0.2, 0) is 6.54 Å². The fraction of sp³-hybridized carbons (Fsp3) is 0.133. The lowest BCUT2D eigenvalue weighted by Crippen LogP contribution is -2.13. The van der Waals surface area contributed by atoms with E-state index in [9.17, 15) is 9.90 Å². The average Bonchev–Trinajstić information content (AvgIpc) is 2.41. The molecule has 0 aliphatic rings. The molecule has 0 aliphatic heterocycles. The van der Waals surface area contributed by atoms with Gasteiger partial charge in [0.2, 0.25) is 0 Å². The minimum atomic E-state index is -0.256. The summed E-state index contributed by atoms with van der Waals surface area (Å²) in [6.45, 7) is 2.34. The number of hydrogen-bond donors (Lipinski definition) is 3. The van der Waals surface area contributed by atoms with E-state index in [2.05, 4.69) is 5.32 Å². The van der Waals surface area contributed by atoms with Crippen LogP contribution in [0.15, 0.2) is 42.5 Å². The standard InChI is InChI=1S/C15H16N2O2/c1-10-5-6-11(9-16)7-14(10)17-15(19)12-3-2-4-13(18)8-12/h2-8,18H,9,16H2,1H3,(H,17,19). The van der Waals surface area contributed by atoms with Crippen molar-refractivity contribution in [1.82, 2.24) is 0 Å². The van der Waals surface area contributed by atoms with Crippen LogP contribution in [0.25, 0.3) is 0 Å². The van der Waals surface area contributed by atoms with Crippen molar-refractivity contribution >= 4 is 11.6 Å². The molecular weight excluding hydrogens is 240 g/mol. The van der Waals surface area contributed by atoms with Gasteiger partial charge >= 0.3 is 0 Å². The van der Waals surface area contributed by atoms with E-state index in [0.29, 0.717) is 12.1 Å². The van der Waals surface area contributed by atoms with Gasteiger partial charge in [-0.2, -0.15) is 0 Å². The van der Waals surface area contributed by atoms with Crippen LogP contribution in [0.3, 0.4) is 0 Å². The van der Waals surface area contributed by atoms with Gasteiger partial charge in [-0.25, -0.2) is 0 Å². The predicted octanol–water partition coefficient (Wildman–Crippen LogP) is 2.41. The molecular formula is C15H16N2O2. The maximum absolute atomic E-state index is 12.1. The molecule has 0 aliphatic carbocycles. The van der Waals surface area contributed by atoms with Crippen LogP contribution >= 0.6 is 0 Å². The first-order valence-corrected chi connectivity index (χ1v) is 6.00. The molecule has 1 amide bonds. The zero-order valence-electron chi connectivity index (χ0n) is 10.7. The molecule has 2 aromatic rings. The summed E-state index contributed by atoms with van der Waals surface area (Å²) in [6.07, 6.45) is 0. The van der Waals surface area contributed by atoms with Gasteiger partial charge < -0.3 is 16.2 Å². The molecule has 0 bridgehead atoms. The summed E-state index contributed by atoms with van der Waals surface area (Å²) in [5, 5.41) is 12.2. The third-order valence-electron chi connectivity index (χ3n) is 2.89. The number of carbonyl (C=O) groups is 1. The first kappa shape index (κ1) is 13.1. The summed E-state index contributed by atoms with van der Waals surface area (Å²) in [5.41, 5.74) is 8.65. The van der Waals surface area contributed by atoms with E-state index >= 15 is 0 Å².